The Morgan fingerprint density at radius 1 is 1.10 bits per heavy atom. The number of amides is 1. The fourth-order valence-corrected chi connectivity index (χ4v) is 4.53. The molecule has 1 aromatic carbocycles. The normalized spacial score (nSPS) is 18.6. The fourth-order valence-electron chi connectivity index (χ4n) is 4.53. The summed E-state index contributed by atoms with van der Waals surface area (Å²) in [6.07, 6.45) is 6.16. The van der Waals surface area contributed by atoms with Gasteiger partial charge in [0, 0.05) is 45.0 Å². The molecule has 156 valence electrons. The number of benzene rings is 1. The zero-order valence-electron chi connectivity index (χ0n) is 17.0. The lowest BCUT2D eigenvalue weighted by Crippen LogP contribution is -2.58. The van der Waals surface area contributed by atoms with Gasteiger partial charge in [-0.05, 0) is 30.9 Å². The number of β-amino-alcohol motifs (C(OH)–C–C–N with tert-alkyl or cyclic N) is 1. The van der Waals surface area contributed by atoms with Crippen LogP contribution in [0.1, 0.15) is 28.8 Å². The molecular formula is C23H27N5O2. The van der Waals surface area contributed by atoms with Crippen molar-refractivity contribution in [1.29, 1.82) is 0 Å². The van der Waals surface area contributed by atoms with Crippen LogP contribution < -0.4 is 0 Å². The maximum atomic E-state index is 13.0. The van der Waals surface area contributed by atoms with Crippen LogP contribution in [0.2, 0.25) is 0 Å². The third-order valence-corrected chi connectivity index (χ3v) is 6.35. The van der Waals surface area contributed by atoms with Gasteiger partial charge in [0.2, 0.25) is 0 Å². The molecule has 7 heteroatoms. The van der Waals surface area contributed by atoms with E-state index in [0.717, 1.165) is 63.2 Å². The van der Waals surface area contributed by atoms with Crippen molar-refractivity contribution < 1.29 is 9.90 Å². The molecule has 7 nitrogen and oxygen atoms in total. The highest BCUT2D eigenvalue weighted by Crippen LogP contribution is 2.23. The van der Waals surface area contributed by atoms with Crippen LogP contribution in [-0.4, -0.2) is 73.7 Å². The number of nitrogens with zero attached hydrogens (tertiary/aromatic N) is 5. The van der Waals surface area contributed by atoms with Crippen molar-refractivity contribution >= 4 is 17.1 Å². The van der Waals surface area contributed by atoms with Gasteiger partial charge in [-0.1, -0.05) is 30.3 Å². The number of likely N-dealkylation sites (tertiary alicyclic amines) is 2. The number of hydrogen-bond donors (Lipinski definition) is 1. The van der Waals surface area contributed by atoms with Crippen molar-refractivity contribution in [3.63, 3.8) is 0 Å². The van der Waals surface area contributed by atoms with Crippen LogP contribution in [0.5, 0.6) is 0 Å². The number of hydrogen-bond acceptors (Lipinski definition) is 5. The number of fused-ring (bicyclic) bond motifs is 1. The molecule has 1 amide bonds. The molecule has 5 rings (SSSR count). The number of aliphatic hydroxyl groups excluding tert-OH is 1. The zero-order valence-corrected chi connectivity index (χ0v) is 17.0. The highest BCUT2D eigenvalue weighted by Gasteiger charge is 2.34. The Morgan fingerprint density at radius 2 is 1.87 bits per heavy atom. The number of imidazole rings is 1. The van der Waals surface area contributed by atoms with Crippen LogP contribution in [0, 0.1) is 0 Å². The van der Waals surface area contributed by atoms with E-state index < -0.39 is 0 Å². The molecule has 3 aromatic rings. The maximum Gasteiger partial charge on any atom is 0.255 e. The van der Waals surface area contributed by atoms with Gasteiger partial charge in [0.25, 0.3) is 5.91 Å². The third kappa shape index (κ3) is 3.82. The van der Waals surface area contributed by atoms with Crippen molar-refractivity contribution in [3.8, 4) is 0 Å². The Labute approximate surface area is 176 Å². The fraction of sp³-hybridized carbons (Fsp3) is 0.435. The molecule has 0 radical (unpaired) electrons. The van der Waals surface area contributed by atoms with E-state index in [1.165, 1.54) is 5.56 Å². The maximum absolute atomic E-state index is 13.0. The molecular weight excluding hydrogens is 378 g/mol. The van der Waals surface area contributed by atoms with Crippen LogP contribution in [-0.2, 0) is 13.0 Å². The summed E-state index contributed by atoms with van der Waals surface area (Å²) in [5, 5.41) is 9.50. The monoisotopic (exact) mass is 405 g/mol. The van der Waals surface area contributed by atoms with E-state index in [0.29, 0.717) is 11.6 Å². The summed E-state index contributed by atoms with van der Waals surface area (Å²) in [6, 6.07) is 12.7. The highest BCUT2D eigenvalue weighted by atomic mass is 16.3. The van der Waals surface area contributed by atoms with Crippen molar-refractivity contribution in [2.45, 2.75) is 38.0 Å². The first kappa shape index (κ1) is 19.2. The second-order valence-electron chi connectivity index (χ2n) is 8.37. The minimum absolute atomic E-state index is 0.0327. The topological polar surface area (TPSA) is 74.5 Å². The quantitative estimate of drug-likeness (QED) is 0.702. The molecule has 2 aliphatic heterocycles. The number of piperidine rings is 1. The van der Waals surface area contributed by atoms with Gasteiger partial charge in [-0.25, -0.2) is 9.97 Å². The molecule has 0 aliphatic carbocycles. The Morgan fingerprint density at radius 3 is 2.60 bits per heavy atom. The summed E-state index contributed by atoms with van der Waals surface area (Å²) in [4.78, 5) is 26.3. The zero-order chi connectivity index (χ0) is 20.5. The highest BCUT2D eigenvalue weighted by molar-refractivity contribution is 5.96. The molecule has 2 fully saturated rings. The van der Waals surface area contributed by atoms with Gasteiger partial charge in [0.05, 0.1) is 18.0 Å². The summed E-state index contributed by atoms with van der Waals surface area (Å²) in [5.74, 6) is 0.0327. The first-order valence-corrected chi connectivity index (χ1v) is 10.7. The molecule has 2 saturated heterocycles. The number of aromatic nitrogens is 3. The number of pyridine rings is 1. The molecule has 0 atom stereocenters. The minimum Gasteiger partial charge on any atom is -0.390 e. The first-order chi connectivity index (χ1) is 14.7. The molecule has 2 aliphatic rings. The Hall–Kier alpha value is -2.77. The molecule has 0 unspecified atom stereocenters. The molecule has 30 heavy (non-hydrogen) atoms. The lowest BCUT2D eigenvalue weighted by Gasteiger charge is -2.45. The van der Waals surface area contributed by atoms with Crippen LogP contribution in [0.3, 0.4) is 0 Å². The van der Waals surface area contributed by atoms with Gasteiger partial charge in [-0.2, -0.15) is 0 Å². The van der Waals surface area contributed by atoms with Crippen molar-refractivity contribution in [1.82, 2.24) is 24.3 Å². The molecule has 0 spiro atoms. The van der Waals surface area contributed by atoms with Gasteiger partial charge in [0.15, 0.2) is 5.65 Å². The van der Waals surface area contributed by atoms with E-state index in [1.807, 2.05) is 40.1 Å². The van der Waals surface area contributed by atoms with Crippen LogP contribution in [0.25, 0.3) is 11.2 Å². The van der Waals surface area contributed by atoms with Crippen LogP contribution >= 0.6 is 0 Å². The molecule has 4 heterocycles. The summed E-state index contributed by atoms with van der Waals surface area (Å²) in [6.45, 7) is 3.84. The van der Waals surface area contributed by atoms with Gasteiger partial charge < -0.3 is 14.6 Å². The van der Waals surface area contributed by atoms with E-state index in [1.54, 1.807) is 6.20 Å². The van der Waals surface area contributed by atoms with Gasteiger partial charge in [0.1, 0.15) is 5.52 Å². The minimum atomic E-state index is -0.171. The Balaban J connectivity index is 1.22. The average molecular weight is 406 g/mol. The Kier molecular flexibility index (Phi) is 5.23. The predicted octanol–water partition coefficient (Wildman–Crippen LogP) is 1.96. The lowest BCUT2D eigenvalue weighted by atomic mass is 9.98. The summed E-state index contributed by atoms with van der Waals surface area (Å²) in [5.41, 5.74) is 3.46. The van der Waals surface area contributed by atoms with Gasteiger partial charge >= 0.3 is 0 Å². The number of carbonyl (C=O) groups is 1. The summed E-state index contributed by atoms with van der Waals surface area (Å²) in [7, 11) is 0. The van der Waals surface area contributed by atoms with E-state index in [9.17, 15) is 9.90 Å². The van der Waals surface area contributed by atoms with Gasteiger partial charge in [-0.3, -0.25) is 9.69 Å². The van der Waals surface area contributed by atoms with Crippen molar-refractivity contribution in [3.05, 3.63) is 60.0 Å². The number of aryl methyl sites for hydroxylation is 2. The van der Waals surface area contributed by atoms with E-state index >= 15 is 0 Å². The molecule has 2 aromatic heterocycles. The molecule has 1 N–H and O–H groups in total. The van der Waals surface area contributed by atoms with E-state index in [4.69, 9.17) is 0 Å². The van der Waals surface area contributed by atoms with Crippen LogP contribution in [0.4, 0.5) is 0 Å². The Bertz CT molecular complexity index is 1020. The number of aliphatic hydroxyl groups is 1. The van der Waals surface area contributed by atoms with Gasteiger partial charge in [-0.15, -0.1) is 0 Å². The average Bonchev–Trinajstić information content (AvgIpc) is 3.18. The summed E-state index contributed by atoms with van der Waals surface area (Å²) >= 11 is 0. The van der Waals surface area contributed by atoms with E-state index in [2.05, 4.69) is 27.0 Å². The smallest absolute Gasteiger partial charge is 0.255 e. The summed E-state index contributed by atoms with van der Waals surface area (Å²) < 4.78 is 2.05. The number of carbonyl (C=O) groups excluding carboxylic acids is 1. The van der Waals surface area contributed by atoms with Crippen molar-refractivity contribution in [2.75, 3.05) is 26.2 Å². The number of rotatable bonds is 5. The standard InChI is InChI=1S/C23H27N5O2/c29-20-14-28(15-20)19-7-10-26(11-8-19)23(30)18-12-21-22(24-13-18)27(16-25-21)9-6-17-4-2-1-3-5-17/h1-5,12-13,16,19-20,29H,6-11,14-15H2. The third-order valence-electron chi connectivity index (χ3n) is 6.35. The second kappa shape index (κ2) is 8.16. The largest absolute Gasteiger partial charge is 0.390 e. The molecule has 0 saturated carbocycles. The SMILES string of the molecule is O=C(c1cnc2c(c1)ncn2CCc1ccccc1)N1CCC(N2CC(O)C2)CC1. The van der Waals surface area contributed by atoms with Crippen molar-refractivity contribution in [2.24, 2.45) is 0 Å². The van der Waals surface area contributed by atoms with E-state index in [-0.39, 0.29) is 12.0 Å². The predicted molar refractivity (Wildman–Crippen MR) is 114 cm³/mol. The first-order valence-electron chi connectivity index (χ1n) is 10.7. The lowest BCUT2D eigenvalue weighted by molar-refractivity contribution is -0.0381. The molecule has 0 bridgehead atoms. The van der Waals surface area contributed by atoms with Crippen LogP contribution in [0.15, 0.2) is 48.9 Å². The second-order valence-corrected chi connectivity index (χ2v) is 8.37.